The summed E-state index contributed by atoms with van der Waals surface area (Å²) in [6, 6.07) is -4.91. The summed E-state index contributed by atoms with van der Waals surface area (Å²) in [5, 5.41) is 14.1. The van der Waals surface area contributed by atoms with Crippen LogP contribution in [0.1, 0.15) is 51.4 Å². The summed E-state index contributed by atoms with van der Waals surface area (Å²) in [5.41, 5.74) is 21.1. The number of primary amides is 3. The predicted octanol–water partition coefficient (Wildman–Crippen LogP) is -3.84. The highest BCUT2D eigenvalue weighted by molar-refractivity contribution is 5.95. The zero-order chi connectivity index (χ0) is 26.7. The number of rotatable bonds is 15. The molecule has 11 N–H and O–H groups in total. The van der Waals surface area contributed by atoms with E-state index >= 15 is 0 Å². The number of carbonyl (C=O) groups excluding carboxylic acids is 6. The number of amides is 6. The fraction of sp³-hybridized carbons (Fsp3) is 0.650. The lowest BCUT2D eigenvalue weighted by Crippen LogP contribution is -2.57. The molecule has 1 aliphatic rings. The van der Waals surface area contributed by atoms with Gasteiger partial charge in [-0.05, 0) is 32.1 Å². The molecule has 15 nitrogen and oxygen atoms in total. The lowest BCUT2D eigenvalue weighted by molar-refractivity contribution is -0.149. The van der Waals surface area contributed by atoms with Gasteiger partial charge >= 0.3 is 5.97 Å². The number of carboxylic acid groups (broad SMARTS) is 1. The Balaban J connectivity index is 3.02. The Morgan fingerprint density at radius 1 is 0.800 bits per heavy atom. The fourth-order valence-corrected chi connectivity index (χ4v) is 3.57. The molecule has 0 radical (unpaired) electrons. The van der Waals surface area contributed by atoms with Crippen LogP contribution in [0.4, 0.5) is 0 Å². The molecule has 0 aromatic carbocycles. The van der Waals surface area contributed by atoms with Crippen molar-refractivity contribution in [1.82, 2.24) is 15.5 Å². The first-order valence-electron chi connectivity index (χ1n) is 11.1. The van der Waals surface area contributed by atoms with Crippen LogP contribution in [-0.2, 0) is 33.6 Å². The molecule has 0 spiro atoms. The van der Waals surface area contributed by atoms with E-state index in [0.717, 1.165) is 4.90 Å². The first-order chi connectivity index (χ1) is 16.3. The summed E-state index contributed by atoms with van der Waals surface area (Å²) in [4.78, 5) is 84.4. The average Bonchev–Trinajstić information content (AvgIpc) is 3.26. The Hall–Kier alpha value is -3.75. The Morgan fingerprint density at radius 2 is 1.29 bits per heavy atom. The molecule has 0 saturated carbocycles. The number of carbonyl (C=O) groups is 7. The van der Waals surface area contributed by atoms with Gasteiger partial charge in [0.1, 0.15) is 18.1 Å². The fourth-order valence-electron chi connectivity index (χ4n) is 3.57. The molecule has 0 bridgehead atoms. The second kappa shape index (κ2) is 13.8. The van der Waals surface area contributed by atoms with Crippen molar-refractivity contribution in [3.8, 4) is 0 Å². The van der Waals surface area contributed by atoms with E-state index in [4.69, 9.17) is 22.9 Å². The van der Waals surface area contributed by atoms with E-state index in [1.54, 1.807) is 0 Å². The van der Waals surface area contributed by atoms with Gasteiger partial charge in [-0.3, -0.25) is 28.8 Å². The van der Waals surface area contributed by atoms with Crippen molar-refractivity contribution in [2.24, 2.45) is 22.9 Å². The maximum Gasteiger partial charge on any atom is 0.326 e. The Kier molecular flexibility index (Phi) is 11.6. The molecule has 196 valence electrons. The van der Waals surface area contributed by atoms with Gasteiger partial charge < -0.3 is 43.6 Å². The van der Waals surface area contributed by atoms with Gasteiger partial charge in [-0.2, -0.15) is 0 Å². The molecule has 1 heterocycles. The second-order valence-electron chi connectivity index (χ2n) is 8.27. The summed E-state index contributed by atoms with van der Waals surface area (Å²) in [5.74, 6) is -5.77. The van der Waals surface area contributed by atoms with Gasteiger partial charge in [0.15, 0.2) is 0 Å². The topological polar surface area (TPSA) is 271 Å². The largest absolute Gasteiger partial charge is 0.480 e. The minimum Gasteiger partial charge on any atom is -0.480 e. The van der Waals surface area contributed by atoms with Crippen LogP contribution < -0.4 is 33.6 Å². The molecule has 1 fully saturated rings. The number of nitrogens with one attached hydrogen (secondary N) is 2. The molecule has 0 aliphatic carbocycles. The molecule has 6 amide bonds. The smallest absolute Gasteiger partial charge is 0.326 e. The van der Waals surface area contributed by atoms with E-state index in [2.05, 4.69) is 10.6 Å². The zero-order valence-corrected chi connectivity index (χ0v) is 19.2. The molecule has 35 heavy (non-hydrogen) atoms. The van der Waals surface area contributed by atoms with E-state index in [1.807, 2.05) is 0 Å². The molecular weight excluding hydrogens is 466 g/mol. The van der Waals surface area contributed by atoms with Crippen molar-refractivity contribution in [3.63, 3.8) is 0 Å². The van der Waals surface area contributed by atoms with Gasteiger partial charge in [0, 0.05) is 25.8 Å². The zero-order valence-electron chi connectivity index (χ0n) is 19.2. The first-order valence-corrected chi connectivity index (χ1v) is 11.1. The third-order valence-electron chi connectivity index (χ3n) is 5.47. The molecule has 1 aliphatic heterocycles. The van der Waals surface area contributed by atoms with E-state index in [1.165, 1.54) is 0 Å². The quantitative estimate of drug-likeness (QED) is 0.116. The number of nitrogens with two attached hydrogens (primary N) is 4. The summed E-state index contributed by atoms with van der Waals surface area (Å²) < 4.78 is 0. The van der Waals surface area contributed by atoms with E-state index in [9.17, 15) is 38.7 Å². The summed E-state index contributed by atoms with van der Waals surface area (Å²) in [6.07, 6.45) is -0.586. The summed E-state index contributed by atoms with van der Waals surface area (Å²) in [7, 11) is 0. The normalized spacial score (nSPS) is 17.6. The van der Waals surface area contributed by atoms with Gasteiger partial charge in [-0.25, -0.2) is 4.79 Å². The van der Waals surface area contributed by atoms with Gasteiger partial charge in [0.05, 0.1) is 6.04 Å². The Bertz CT molecular complexity index is 849. The maximum atomic E-state index is 13.0. The van der Waals surface area contributed by atoms with E-state index in [-0.39, 0.29) is 51.5 Å². The highest BCUT2D eigenvalue weighted by atomic mass is 16.4. The number of hydrogen-bond acceptors (Lipinski definition) is 8. The van der Waals surface area contributed by atoms with Crippen LogP contribution in [0.15, 0.2) is 0 Å². The van der Waals surface area contributed by atoms with Gasteiger partial charge in [-0.1, -0.05) is 0 Å². The van der Waals surface area contributed by atoms with Crippen LogP contribution >= 0.6 is 0 Å². The van der Waals surface area contributed by atoms with Crippen molar-refractivity contribution in [1.29, 1.82) is 0 Å². The Morgan fingerprint density at radius 3 is 1.80 bits per heavy atom. The van der Waals surface area contributed by atoms with Crippen LogP contribution in [0.5, 0.6) is 0 Å². The van der Waals surface area contributed by atoms with Crippen LogP contribution in [0.3, 0.4) is 0 Å². The summed E-state index contributed by atoms with van der Waals surface area (Å²) in [6.45, 7) is 0.148. The average molecular weight is 500 g/mol. The monoisotopic (exact) mass is 499 g/mol. The first kappa shape index (κ1) is 29.3. The Labute approximate surface area is 201 Å². The van der Waals surface area contributed by atoms with Crippen molar-refractivity contribution in [3.05, 3.63) is 0 Å². The molecule has 1 saturated heterocycles. The van der Waals surface area contributed by atoms with E-state index in [0.29, 0.717) is 6.42 Å². The standard InChI is InChI=1S/C20H33N7O8/c21-10(3-6-14(22)28)17(31)25-11(4-7-15(23)29)18(32)26-12(5-8-16(24)30)19(33)27-9-1-2-13(27)20(34)35/h10-13H,1-9,21H2,(H2,22,28)(H2,23,29)(H2,24,30)(H,25,31)(H,26,32)(H,34,35). The predicted molar refractivity (Wildman–Crippen MR) is 119 cm³/mol. The molecule has 1 rings (SSSR count). The molecule has 0 aromatic heterocycles. The number of carboxylic acids is 1. The molecule has 4 unspecified atom stereocenters. The maximum absolute atomic E-state index is 13.0. The molecular formula is C20H33N7O8. The summed E-state index contributed by atoms with van der Waals surface area (Å²) >= 11 is 0. The van der Waals surface area contributed by atoms with E-state index < -0.39 is 65.6 Å². The minimum atomic E-state index is -1.34. The lowest BCUT2D eigenvalue weighted by atomic mass is 10.0. The molecule has 0 aromatic rings. The van der Waals surface area contributed by atoms with Crippen LogP contribution in [0.25, 0.3) is 0 Å². The van der Waals surface area contributed by atoms with Gasteiger partial charge in [0.2, 0.25) is 35.4 Å². The number of likely N-dealkylation sites (tertiary alicyclic amines) is 1. The van der Waals surface area contributed by atoms with Crippen LogP contribution in [-0.4, -0.2) is 82.1 Å². The van der Waals surface area contributed by atoms with Gasteiger partial charge in [-0.15, -0.1) is 0 Å². The third kappa shape index (κ3) is 9.95. The van der Waals surface area contributed by atoms with Gasteiger partial charge in [0.25, 0.3) is 0 Å². The SMILES string of the molecule is NC(=O)CCC(N)C(=O)NC(CCC(N)=O)C(=O)NC(CCC(N)=O)C(=O)N1CCCC1C(=O)O. The van der Waals surface area contributed by atoms with Crippen molar-refractivity contribution < 1.29 is 38.7 Å². The molecule has 15 heteroatoms. The highest BCUT2D eigenvalue weighted by Crippen LogP contribution is 2.19. The number of hydrogen-bond donors (Lipinski definition) is 7. The van der Waals surface area contributed by atoms with Crippen LogP contribution in [0, 0.1) is 0 Å². The van der Waals surface area contributed by atoms with Crippen molar-refractivity contribution in [2.75, 3.05) is 6.54 Å². The minimum absolute atomic E-state index is 0.0867. The number of nitrogens with zero attached hydrogens (tertiary/aromatic N) is 1. The number of aliphatic carboxylic acids is 1. The second-order valence-corrected chi connectivity index (χ2v) is 8.27. The lowest BCUT2D eigenvalue weighted by Gasteiger charge is -2.28. The van der Waals surface area contributed by atoms with Crippen LogP contribution in [0.2, 0.25) is 0 Å². The van der Waals surface area contributed by atoms with Crippen molar-refractivity contribution >= 4 is 41.4 Å². The van der Waals surface area contributed by atoms with Crippen molar-refractivity contribution in [2.45, 2.75) is 75.5 Å². The third-order valence-corrected chi connectivity index (χ3v) is 5.47. The molecule has 4 atom stereocenters. The highest BCUT2D eigenvalue weighted by Gasteiger charge is 2.38.